The normalized spacial score (nSPS) is 10.3. The van der Waals surface area contributed by atoms with Crippen molar-refractivity contribution in [3.8, 4) is 5.75 Å². The fourth-order valence-corrected chi connectivity index (χ4v) is 2.66. The first-order valence-electron chi connectivity index (χ1n) is 6.75. The highest BCUT2D eigenvalue weighted by Gasteiger charge is 2.10. The summed E-state index contributed by atoms with van der Waals surface area (Å²) in [5.74, 6) is 0.764. The van der Waals surface area contributed by atoms with Crippen LogP contribution < -0.4 is 15.8 Å². The van der Waals surface area contributed by atoms with Crippen molar-refractivity contribution in [3.05, 3.63) is 52.6 Å². The molecule has 0 radical (unpaired) electrons. The van der Waals surface area contributed by atoms with Crippen LogP contribution in [0.2, 0.25) is 0 Å². The molecular formula is C17H20N2OS. The Morgan fingerprint density at radius 1 is 1.10 bits per heavy atom. The summed E-state index contributed by atoms with van der Waals surface area (Å²) in [4.78, 5) is 0.363. The van der Waals surface area contributed by atoms with Crippen molar-refractivity contribution < 1.29 is 4.74 Å². The first-order chi connectivity index (χ1) is 9.92. The van der Waals surface area contributed by atoms with Gasteiger partial charge in [-0.15, -0.1) is 0 Å². The number of rotatable bonds is 4. The molecule has 21 heavy (non-hydrogen) atoms. The third-order valence-electron chi connectivity index (χ3n) is 3.43. The van der Waals surface area contributed by atoms with Crippen molar-refractivity contribution in [1.82, 2.24) is 0 Å². The molecule has 2 rings (SSSR count). The summed E-state index contributed by atoms with van der Waals surface area (Å²) in [5, 5.41) is 3.44. The highest BCUT2D eigenvalue weighted by atomic mass is 32.1. The fraction of sp³-hybridized carbons (Fsp3) is 0.235. The van der Waals surface area contributed by atoms with E-state index in [2.05, 4.69) is 38.2 Å². The molecule has 0 saturated heterocycles. The molecule has 2 aromatic carbocycles. The first kappa shape index (κ1) is 15.3. The maximum atomic E-state index is 5.81. The number of ether oxygens (including phenoxy) is 1. The molecular weight excluding hydrogens is 280 g/mol. The maximum Gasteiger partial charge on any atom is 0.120 e. The Hall–Kier alpha value is -2.07. The van der Waals surface area contributed by atoms with Gasteiger partial charge < -0.3 is 15.8 Å². The third-order valence-corrected chi connectivity index (χ3v) is 3.65. The Morgan fingerprint density at radius 3 is 2.24 bits per heavy atom. The van der Waals surface area contributed by atoms with Gasteiger partial charge in [-0.05, 0) is 44.0 Å². The third kappa shape index (κ3) is 3.34. The zero-order valence-electron chi connectivity index (χ0n) is 12.8. The van der Waals surface area contributed by atoms with Gasteiger partial charge in [0.05, 0.1) is 12.8 Å². The molecule has 3 nitrogen and oxygen atoms in total. The molecule has 0 aliphatic heterocycles. The van der Waals surface area contributed by atoms with Crippen LogP contribution in [0, 0.1) is 20.8 Å². The van der Waals surface area contributed by atoms with Crippen LogP contribution in [0.3, 0.4) is 0 Å². The van der Waals surface area contributed by atoms with Crippen molar-refractivity contribution in [1.29, 1.82) is 0 Å². The number of aryl methyl sites for hydroxylation is 3. The average molecular weight is 300 g/mol. The second-order valence-corrected chi connectivity index (χ2v) is 5.61. The molecule has 0 bridgehead atoms. The van der Waals surface area contributed by atoms with Crippen molar-refractivity contribution in [2.24, 2.45) is 5.73 Å². The van der Waals surface area contributed by atoms with Gasteiger partial charge in [0.15, 0.2) is 0 Å². The second kappa shape index (κ2) is 6.14. The number of benzene rings is 2. The minimum absolute atomic E-state index is 0.363. The van der Waals surface area contributed by atoms with E-state index in [1.165, 1.54) is 16.7 Å². The number of methoxy groups -OCH3 is 1. The van der Waals surface area contributed by atoms with E-state index in [0.717, 1.165) is 22.7 Å². The predicted octanol–water partition coefficient (Wildman–Crippen LogP) is 4.00. The Kier molecular flexibility index (Phi) is 4.48. The van der Waals surface area contributed by atoms with Gasteiger partial charge >= 0.3 is 0 Å². The number of hydrogen-bond donors (Lipinski definition) is 2. The molecule has 0 fully saturated rings. The van der Waals surface area contributed by atoms with Crippen LogP contribution in [-0.4, -0.2) is 12.1 Å². The van der Waals surface area contributed by atoms with Gasteiger partial charge in [0.1, 0.15) is 10.7 Å². The molecule has 2 aromatic rings. The van der Waals surface area contributed by atoms with E-state index >= 15 is 0 Å². The molecule has 0 atom stereocenters. The minimum Gasteiger partial charge on any atom is -0.497 e. The highest BCUT2D eigenvalue weighted by molar-refractivity contribution is 7.80. The molecule has 0 heterocycles. The van der Waals surface area contributed by atoms with E-state index in [1.807, 2.05) is 18.2 Å². The van der Waals surface area contributed by atoms with Crippen molar-refractivity contribution >= 4 is 28.6 Å². The van der Waals surface area contributed by atoms with E-state index in [0.29, 0.717) is 4.99 Å². The lowest BCUT2D eigenvalue weighted by molar-refractivity contribution is 0.415. The van der Waals surface area contributed by atoms with Crippen LogP contribution in [0.25, 0.3) is 0 Å². The van der Waals surface area contributed by atoms with Gasteiger partial charge in [-0.25, -0.2) is 0 Å². The number of anilines is 2. The Labute approximate surface area is 131 Å². The molecule has 4 heteroatoms. The van der Waals surface area contributed by atoms with E-state index < -0.39 is 0 Å². The molecule has 0 spiro atoms. The summed E-state index contributed by atoms with van der Waals surface area (Å²) in [7, 11) is 1.64. The molecule has 0 aromatic heterocycles. The maximum absolute atomic E-state index is 5.81. The summed E-state index contributed by atoms with van der Waals surface area (Å²) in [6, 6.07) is 9.94. The fourth-order valence-electron chi connectivity index (χ4n) is 2.48. The standard InChI is InChI=1S/C17H20N2OS/c1-10-7-11(2)16(12(3)8-10)19-15-9-13(20-4)5-6-14(15)17(18)21/h5-9,19H,1-4H3,(H2,18,21). The SMILES string of the molecule is COc1ccc(C(N)=S)c(Nc2c(C)cc(C)cc2C)c1. The molecule has 0 unspecified atom stereocenters. The summed E-state index contributed by atoms with van der Waals surface area (Å²) < 4.78 is 5.28. The van der Waals surface area contributed by atoms with Gasteiger partial charge in [-0.1, -0.05) is 29.9 Å². The van der Waals surface area contributed by atoms with Crippen LogP contribution >= 0.6 is 12.2 Å². The zero-order valence-corrected chi connectivity index (χ0v) is 13.6. The van der Waals surface area contributed by atoms with Crippen molar-refractivity contribution in [3.63, 3.8) is 0 Å². The molecule has 0 amide bonds. The molecule has 0 saturated carbocycles. The smallest absolute Gasteiger partial charge is 0.120 e. The number of hydrogen-bond acceptors (Lipinski definition) is 3. The summed E-state index contributed by atoms with van der Waals surface area (Å²) >= 11 is 5.13. The zero-order chi connectivity index (χ0) is 15.6. The second-order valence-electron chi connectivity index (χ2n) is 5.17. The predicted molar refractivity (Wildman–Crippen MR) is 92.8 cm³/mol. The Morgan fingerprint density at radius 2 is 1.71 bits per heavy atom. The van der Waals surface area contributed by atoms with Crippen LogP contribution in [0.1, 0.15) is 22.3 Å². The lowest BCUT2D eigenvalue weighted by atomic mass is 10.0. The summed E-state index contributed by atoms with van der Waals surface area (Å²) in [6.45, 7) is 6.27. The average Bonchev–Trinajstić information content (AvgIpc) is 2.42. The van der Waals surface area contributed by atoms with Gasteiger partial charge in [0.25, 0.3) is 0 Å². The van der Waals surface area contributed by atoms with Gasteiger partial charge in [0.2, 0.25) is 0 Å². The minimum atomic E-state index is 0.363. The topological polar surface area (TPSA) is 47.3 Å². The van der Waals surface area contributed by atoms with Crippen molar-refractivity contribution in [2.45, 2.75) is 20.8 Å². The van der Waals surface area contributed by atoms with E-state index in [4.69, 9.17) is 22.7 Å². The molecule has 0 aliphatic rings. The first-order valence-corrected chi connectivity index (χ1v) is 7.16. The quantitative estimate of drug-likeness (QED) is 0.838. The number of nitrogens with one attached hydrogen (secondary N) is 1. The van der Waals surface area contributed by atoms with Crippen molar-refractivity contribution in [2.75, 3.05) is 12.4 Å². The van der Waals surface area contributed by atoms with Crippen LogP contribution in [0.15, 0.2) is 30.3 Å². The summed E-state index contributed by atoms with van der Waals surface area (Å²) in [5.41, 5.74) is 12.2. The largest absolute Gasteiger partial charge is 0.497 e. The highest BCUT2D eigenvalue weighted by Crippen LogP contribution is 2.30. The lowest BCUT2D eigenvalue weighted by Gasteiger charge is -2.17. The van der Waals surface area contributed by atoms with Crippen LogP contribution in [-0.2, 0) is 0 Å². The monoisotopic (exact) mass is 300 g/mol. The van der Waals surface area contributed by atoms with E-state index in [-0.39, 0.29) is 0 Å². The number of nitrogens with two attached hydrogens (primary N) is 1. The van der Waals surface area contributed by atoms with Gasteiger partial charge in [-0.2, -0.15) is 0 Å². The van der Waals surface area contributed by atoms with E-state index in [1.54, 1.807) is 7.11 Å². The molecule has 110 valence electrons. The van der Waals surface area contributed by atoms with Crippen LogP contribution in [0.4, 0.5) is 11.4 Å². The Balaban J connectivity index is 2.50. The number of thiocarbonyl (C=S) groups is 1. The lowest BCUT2D eigenvalue weighted by Crippen LogP contribution is -2.12. The van der Waals surface area contributed by atoms with Gasteiger partial charge in [0, 0.05) is 17.3 Å². The molecule has 0 aliphatic carbocycles. The van der Waals surface area contributed by atoms with Crippen LogP contribution in [0.5, 0.6) is 5.75 Å². The molecule has 3 N–H and O–H groups in total. The van der Waals surface area contributed by atoms with Gasteiger partial charge in [-0.3, -0.25) is 0 Å². The summed E-state index contributed by atoms with van der Waals surface area (Å²) in [6.07, 6.45) is 0. The Bertz CT molecular complexity index is 672. The van der Waals surface area contributed by atoms with E-state index in [9.17, 15) is 0 Å².